The fraction of sp³-hybridized carbons (Fsp3) is 0.462. The number of hydrogen-bond donors (Lipinski definition) is 2. The van der Waals surface area contributed by atoms with E-state index in [0.29, 0.717) is 4.88 Å². The Labute approximate surface area is 126 Å². The van der Waals surface area contributed by atoms with Crippen molar-refractivity contribution in [2.24, 2.45) is 0 Å². The molecule has 2 N–H and O–H groups in total. The molecule has 2 heterocycles. The molecule has 0 radical (unpaired) electrons. The van der Waals surface area contributed by atoms with Crippen molar-refractivity contribution in [3.8, 4) is 0 Å². The molecule has 5 nitrogen and oxygen atoms in total. The average molecular weight is 310 g/mol. The Hall–Kier alpha value is -1.47. The number of nitrogens with zero attached hydrogens (tertiary/aromatic N) is 2. The summed E-state index contributed by atoms with van der Waals surface area (Å²) in [6.45, 7) is 8.54. The van der Waals surface area contributed by atoms with Gasteiger partial charge < -0.3 is 10.6 Å². The standard InChI is InChI=1S/C13H18N4OS2/c1-5-14-13-16-8(3)11(20-13)12(18)15-7(2)10-6-19-9(4)17-10/h6-7H,5H2,1-4H3,(H,14,16)(H,15,18)/t7-/m1/s1. The maximum Gasteiger partial charge on any atom is 0.263 e. The van der Waals surface area contributed by atoms with Crippen LogP contribution in [-0.4, -0.2) is 22.4 Å². The van der Waals surface area contributed by atoms with Crippen molar-refractivity contribution >= 4 is 33.7 Å². The highest BCUT2D eigenvalue weighted by molar-refractivity contribution is 7.17. The van der Waals surface area contributed by atoms with Crippen LogP contribution in [0, 0.1) is 13.8 Å². The third-order valence-corrected chi connectivity index (χ3v) is 4.66. The molecular formula is C13H18N4OS2. The minimum Gasteiger partial charge on any atom is -0.362 e. The van der Waals surface area contributed by atoms with E-state index < -0.39 is 0 Å². The smallest absolute Gasteiger partial charge is 0.263 e. The zero-order valence-corrected chi connectivity index (χ0v) is 13.6. The van der Waals surface area contributed by atoms with E-state index in [9.17, 15) is 4.79 Å². The summed E-state index contributed by atoms with van der Waals surface area (Å²) in [4.78, 5) is 21.7. The first-order chi connectivity index (χ1) is 9.51. The third kappa shape index (κ3) is 3.34. The number of amides is 1. The summed E-state index contributed by atoms with van der Waals surface area (Å²) >= 11 is 2.97. The van der Waals surface area contributed by atoms with Gasteiger partial charge in [-0.2, -0.15) is 0 Å². The molecule has 0 unspecified atom stereocenters. The van der Waals surface area contributed by atoms with Crippen LogP contribution < -0.4 is 10.6 Å². The quantitative estimate of drug-likeness (QED) is 0.890. The first kappa shape index (κ1) is 14.9. The van der Waals surface area contributed by atoms with Gasteiger partial charge in [0.05, 0.1) is 22.4 Å². The van der Waals surface area contributed by atoms with Gasteiger partial charge in [0.1, 0.15) is 4.88 Å². The fourth-order valence-electron chi connectivity index (χ4n) is 1.75. The fourth-order valence-corrected chi connectivity index (χ4v) is 3.39. The third-order valence-electron chi connectivity index (χ3n) is 2.76. The molecule has 0 saturated heterocycles. The minimum absolute atomic E-state index is 0.0951. The van der Waals surface area contributed by atoms with Crippen molar-refractivity contribution in [3.05, 3.63) is 26.7 Å². The molecule has 0 aliphatic rings. The maximum absolute atomic E-state index is 12.3. The van der Waals surface area contributed by atoms with E-state index in [1.165, 1.54) is 11.3 Å². The lowest BCUT2D eigenvalue weighted by Crippen LogP contribution is -2.26. The van der Waals surface area contributed by atoms with E-state index in [1.54, 1.807) is 11.3 Å². The number of carbonyl (C=O) groups is 1. The summed E-state index contributed by atoms with van der Waals surface area (Å²) in [5, 5.41) is 9.86. The number of thiazole rings is 2. The zero-order valence-electron chi connectivity index (χ0n) is 12.0. The highest BCUT2D eigenvalue weighted by atomic mass is 32.1. The predicted octanol–water partition coefficient (Wildman–Crippen LogP) is 3.14. The van der Waals surface area contributed by atoms with Crippen LogP contribution in [0.2, 0.25) is 0 Å². The van der Waals surface area contributed by atoms with Crippen LogP contribution in [0.25, 0.3) is 0 Å². The second kappa shape index (κ2) is 6.32. The van der Waals surface area contributed by atoms with Crippen molar-refractivity contribution in [3.63, 3.8) is 0 Å². The van der Waals surface area contributed by atoms with Crippen LogP contribution in [0.4, 0.5) is 5.13 Å². The molecule has 0 aliphatic heterocycles. The molecule has 1 atom stereocenters. The molecule has 1 amide bonds. The van der Waals surface area contributed by atoms with Gasteiger partial charge in [0.25, 0.3) is 5.91 Å². The lowest BCUT2D eigenvalue weighted by atomic mass is 10.2. The van der Waals surface area contributed by atoms with Crippen LogP contribution in [0.1, 0.15) is 46.0 Å². The molecule has 0 bridgehead atoms. The largest absolute Gasteiger partial charge is 0.362 e. The number of nitrogens with one attached hydrogen (secondary N) is 2. The van der Waals surface area contributed by atoms with Gasteiger partial charge in [-0.15, -0.1) is 11.3 Å². The van der Waals surface area contributed by atoms with Crippen LogP contribution in [0.15, 0.2) is 5.38 Å². The molecule has 108 valence electrons. The first-order valence-electron chi connectivity index (χ1n) is 6.45. The van der Waals surface area contributed by atoms with Gasteiger partial charge in [0, 0.05) is 11.9 Å². The molecule has 0 aromatic carbocycles. The lowest BCUT2D eigenvalue weighted by molar-refractivity contribution is 0.0942. The van der Waals surface area contributed by atoms with Gasteiger partial charge in [0.2, 0.25) is 0 Å². The monoisotopic (exact) mass is 310 g/mol. The Balaban J connectivity index is 2.08. The summed E-state index contributed by atoms with van der Waals surface area (Å²) < 4.78 is 0. The topological polar surface area (TPSA) is 66.9 Å². The molecular weight excluding hydrogens is 292 g/mol. The van der Waals surface area contributed by atoms with Gasteiger partial charge in [-0.05, 0) is 27.7 Å². The first-order valence-corrected chi connectivity index (χ1v) is 8.15. The van der Waals surface area contributed by atoms with Gasteiger partial charge in [-0.1, -0.05) is 11.3 Å². The zero-order chi connectivity index (χ0) is 14.7. The molecule has 0 spiro atoms. The Morgan fingerprint density at radius 1 is 1.40 bits per heavy atom. The molecule has 2 rings (SSSR count). The Morgan fingerprint density at radius 2 is 2.15 bits per heavy atom. The van der Waals surface area contributed by atoms with Crippen LogP contribution >= 0.6 is 22.7 Å². The van der Waals surface area contributed by atoms with Gasteiger partial charge >= 0.3 is 0 Å². The SMILES string of the molecule is CCNc1nc(C)c(C(=O)N[C@H](C)c2csc(C)n2)s1. The number of rotatable bonds is 5. The molecule has 2 aromatic rings. The summed E-state index contributed by atoms with van der Waals surface area (Å²) in [6.07, 6.45) is 0. The van der Waals surface area contributed by atoms with Gasteiger partial charge in [0.15, 0.2) is 5.13 Å². The second-order valence-electron chi connectivity index (χ2n) is 4.45. The molecule has 0 aliphatic carbocycles. The summed E-state index contributed by atoms with van der Waals surface area (Å²) in [5.74, 6) is -0.0951. The van der Waals surface area contributed by atoms with Crippen LogP contribution in [-0.2, 0) is 0 Å². The van der Waals surface area contributed by atoms with E-state index in [4.69, 9.17) is 0 Å². The van der Waals surface area contributed by atoms with Crippen molar-refractivity contribution in [2.75, 3.05) is 11.9 Å². The van der Waals surface area contributed by atoms with Crippen LogP contribution in [0.5, 0.6) is 0 Å². The van der Waals surface area contributed by atoms with Crippen molar-refractivity contribution in [2.45, 2.75) is 33.7 Å². The Bertz CT molecular complexity index is 605. The van der Waals surface area contributed by atoms with Gasteiger partial charge in [-0.25, -0.2) is 9.97 Å². The minimum atomic E-state index is -0.100. The molecule has 0 fully saturated rings. The average Bonchev–Trinajstić information content (AvgIpc) is 2.96. The van der Waals surface area contributed by atoms with Crippen molar-refractivity contribution < 1.29 is 4.79 Å². The summed E-state index contributed by atoms with van der Waals surface area (Å²) in [7, 11) is 0. The summed E-state index contributed by atoms with van der Waals surface area (Å²) in [6, 6.07) is -0.100. The highest BCUT2D eigenvalue weighted by Crippen LogP contribution is 2.23. The number of carbonyl (C=O) groups excluding carboxylic acids is 1. The molecule has 2 aromatic heterocycles. The second-order valence-corrected chi connectivity index (χ2v) is 6.51. The normalized spacial score (nSPS) is 12.2. The number of aromatic nitrogens is 2. The van der Waals surface area contributed by atoms with E-state index in [-0.39, 0.29) is 11.9 Å². The predicted molar refractivity (Wildman–Crippen MR) is 83.7 cm³/mol. The number of anilines is 1. The van der Waals surface area contributed by atoms with E-state index in [0.717, 1.165) is 28.1 Å². The Kier molecular flexibility index (Phi) is 4.72. The number of hydrogen-bond acceptors (Lipinski definition) is 6. The molecule has 7 heteroatoms. The lowest BCUT2D eigenvalue weighted by Gasteiger charge is -2.10. The highest BCUT2D eigenvalue weighted by Gasteiger charge is 2.18. The van der Waals surface area contributed by atoms with E-state index >= 15 is 0 Å². The van der Waals surface area contributed by atoms with E-state index in [1.807, 2.05) is 33.1 Å². The molecule has 20 heavy (non-hydrogen) atoms. The van der Waals surface area contributed by atoms with E-state index in [2.05, 4.69) is 20.6 Å². The van der Waals surface area contributed by atoms with Gasteiger partial charge in [-0.3, -0.25) is 4.79 Å². The maximum atomic E-state index is 12.3. The summed E-state index contributed by atoms with van der Waals surface area (Å²) in [5.41, 5.74) is 1.65. The van der Waals surface area contributed by atoms with Crippen molar-refractivity contribution in [1.29, 1.82) is 0 Å². The molecule has 0 saturated carbocycles. The number of aryl methyl sites for hydroxylation is 2. The van der Waals surface area contributed by atoms with Crippen LogP contribution in [0.3, 0.4) is 0 Å². The van der Waals surface area contributed by atoms with Crippen molar-refractivity contribution in [1.82, 2.24) is 15.3 Å². The Morgan fingerprint density at radius 3 is 2.75 bits per heavy atom.